The Hall–Kier alpha value is -0.560. The van der Waals surface area contributed by atoms with Crippen molar-refractivity contribution in [1.29, 1.82) is 0 Å². The molecule has 0 amide bonds. The molecule has 0 saturated carbocycles. The Morgan fingerprint density at radius 3 is 2.56 bits per heavy atom. The van der Waals surface area contributed by atoms with Crippen LogP contribution in [-0.2, 0) is 6.42 Å². The van der Waals surface area contributed by atoms with Gasteiger partial charge in [-0.15, -0.1) is 11.6 Å². The summed E-state index contributed by atoms with van der Waals surface area (Å²) in [6.07, 6.45) is 1.98. The molecule has 1 atom stereocenters. The number of rotatable bonds is 5. The number of alkyl halides is 1. The Bertz CT molecular complexity index is 334. The number of benzene rings is 1. The van der Waals surface area contributed by atoms with Gasteiger partial charge in [0.2, 0.25) is 0 Å². The van der Waals surface area contributed by atoms with Crippen molar-refractivity contribution in [3.05, 3.63) is 35.1 Å². The molecular formula is C14H20ClF. The van der Waals surface area contributed by atoms with E-state index in [9.17, 15) is 4.39 Å². The molecular weight excluding hydrogens is 223 g/mol. The van der Waals surface area contributed by atoms with Crippen LogP contribution in [0.1, 0.15) is 31.4 Å². The lowest BCUT2D eigenvalue weighted by molar-refractivity contribution is 0.440. The van der Waals surface area contributed by atoms with E-state index in [2.05, 4.69) is 13.8 Å². The van der Waals surface area contributed by atoms with Crippen LogP contribution in [0, 0.1) is 24.6 Å². The summed E-state index contributed by atoms with van der Waals surface area (Å²) >= 11 is 5.96. The fourth-order valence-corrected chi connectivity index (χ4v) is 2.27. The smallest absolute Gasteiger partial charge is 0.123 e. The molecule has 1 aromatic carbocycles. The van der Waals surface area contributed by atoms with E-state index in [4.69, 9.17) is 11.6 Å². The van der Waals surface area contributed by atoms with Crippen LogP contribution in [-0.4, -0.2) is 5.88 Å². The summed E-state index contributed by atoms with van der Waals surface area (Å²) in [6.45, 7) is 6.41. The SMILES string of the molecule is Cc1ccc(F)cc1CC(CCl)CC(C)C. The summed E-state index contributed by atoms with van der Waals surface area (Å²) in [5, 5.41) is 0. The minimum Gasteiger partial charge on any atom is -0.207 e. The quantitative estimate of drug-likeness (QED) is 0.663. The van der Waals surface area contributed by atoms with Gasteiger partial charge in [0.05, 0.1) is 0 Å². The summed E-state index contributed by atoms with van der Waals surface area (Å²) < 4.78 is 13.1. The van der Waals surface area contributed by atoms with Crippen molar-refractivity contribution < 1.29 is 4.39 Å². The molecule has 0 aromatic heterocycles. The summed E-state index contributed by atoms with van der Waals surface area (Å²) in [5.41, 5.74) is 2.24. The highest BCUT2D eigenvalue weighted by Crippen LogP contribution is 2.21. The van der Waals surface area contributed by atoms with Crippen LogP contribution in [0.15, 0.2) is 18.2 Å². The Morgan fingerprint density at radius 2 is 2.00 bits per heavy atom. The van der Waals surface area contributed by atoms with E-state index in [0.717, 1.165) is 24.0 Å². The van der Waals surface area contributed by atoms with Gasteiger partial charge in [0, 0.05) is 5.88 Å². The third-order valence-electron chi connectivity index (χ3n) is 2.84. The van der Waals surface area contributed by atoms with Crippen LogP contribution in [0.5, 0.6) is 0 Å². The van der Waals surface area contributed by atoms with Gasteiger partial charge in [-0.25, -0.2) is 4.39 Å². The van der Waals surface area contributed by atoms with E-state index < -0.39 is 0 Å². The Labute approximate surface area is 103 Å². The van der Waals surface area contributed by atoms with Crippen molar-refractivity contribution in [3.63, 3.8) is 0 Å². The summed E-state index contributed by atoms with van der Waals surface area (Å²) in [6, 6.07) is 4.98. The first-order valence-electron chi connectivity index (χ1n) is 5.84. The first-order chi connectivity index (χ1) is 7.52. The third kappa shape index (κ3) is 4.13. The molecule has 90 valence electrons. The molecule has 1 unspecified atom stereocenters. The van der Waals surface area contributed by atoms with Gasteiger partial charge in [-0.1, -0.05) is 19.9 Å². The minimum absolute atomic E-state index is 0.154. The largest absolute Gasteiger partial charge is 0.207 e. The van der Waals surface area contributed by atoms with Crippen LogP contribution in [0.4, 0.5) is 4.39 Å². The number of aryl methyl sites for hydroxylation is 1. The number of halogens is 2. The van der Waals surface area contributed by atoms with E-state index in [0.29, 0.717) is 17.7 Å². The van der Waals surface area contributed by atoms with E-state index in [-0.39, 0.29) is 5.82 Å². The highest BCUT2D eigenvalue weighted by Gasteiger charge is 2.12. The molecule has 2 heteroatoms. The molecule has 0 nitrogen and oxygen atoms in total. The summed E-state index contributed by atoms with van der Waals surface area (Å²) in [7, 11) is 0. The van der Waals surface area contributed by atoms with Crippen LogP contribution >= 0.6 is 11.6 Å². The van der Waals surface area contributed by atoms with Gasteiger partial charge < -0.3 is 0 Å². The van der Waals surface area contributed by atoms with Crippen LogP contribution in [0.25, 0.3) is 0 Å². The standard InChI is InChI=1S/C14H20ClF/c1-10(2)6-12(9-15)7-13-8-14(16)5-4-11(13)3/h4-5,8,10,12H,6-7,9H2,1-3H3. The Balaban J connectivity index is 2.73. The van der Waals surface area contributed by atoms with Crippen molar-refractivity contribution in [1.82, 2.24) is 0 Å². The van der Waals surface area contributed by atoms with Gasteiger partial charge in [0.25, 0.3) is 0 Å². The molecule has 1 aromatic rings. The zero-order valence-corrected chi connectivity index (χ0v) is 11.0. The lowest BCUT2D eigenvalue weighted by Gasteiger charge is -2.17. The second-order valence-corrected chi connectivity index (χ2v) is 5.23. The maximum absolute atomic E-state index is 13.1. The molecule has 0 radical (unpaired) electrons. The molecule has 16 heavy (non-hydrogen) atoms. The van der Waals surface area contributed by atoms with Gasteiger partial charge in [-0.2, -0.15) is 0 Å². The molecule has 1 rings (SSSR count). The second-order valence-electron chi connectivity index (χ2n) is 4.92. The predicted octanol–water partition coefficient (Wildman–Crippen LogP) is 4.58. The van der Waals surface area contributed by atoms with Crippen molar-refractivity contribution in [2.45, 2.75) is 33.6 Å². The third-order valence-corrected chi connectivity index (χ3v) is 3.28. The zero-order valence-electron chi connectivity index (χ0n) is 10.3. The highest BCUT2D eigenvalue weighted by molar-refractivity contribution is 6.18. The molecule has 0 bridgehead atoms. The fourth-order valence-electron chi connectivity index (χ4n) is 2.04. The molecule has 0 fully saturated rings. The first kappa shape index (κ1) is 13.5. The van der Waals surface area contributed by atoms with E-state index in [1.807, 2.05) is 13.0 Å². The Morgan fingerprint density at radius 1 is 1.31 bits per heavy atom. The summed E-state index contributed by atoms with van der Waals surface area (Å²) in [5.74, 6) is 1.58. The monoisotopic (exact) mass is 242 g/mol. The summed E-state index contributed by atoms with van der Waals surface area (Å²) in [4.78, 5) is 0. The molecule has 0 aliphatic carbocycles. The molecule has 0 aliphatic rings. The topological polar surface area (TPSA) is 0 Å². The van der Waals surface area contributed by atoms with Crippen LogP contribution in [0.2, 0.25) is 0 Å². The van der Waals surface area contributed by atoms with Gasteiger partial charge in [-0.05, 0) is 54.9 Å². The molecule has 0 saturated heterocycles. The van der Waals surface area contributed by atoms with Crippen molar-refractivity contribution in [2.24, 2.45) is 11.8 Å². The second kappa shape index (κ2) is 6.24. The Kier molecular flexibility index (Phi) is 5.27. The van der Waals surface area contributed by atoms with E-state index in [1.165, 1.54) is 6.07 Å². The van der Waals surface area contributed by atoms with Gasteiger partial charge in [0.1, 0.15) is 5.82 Å². The number of hydrogen-bond donors (Lipinski definition) is 0. The lowest BCUT2D eigenvalue weighted by atomic mass is 9.91. The molecule has 0 heterocycles. The van der Waals surface area contributed by atoms with Gasteiger partial charge >= 0.3 is 0 Å². The van der Waals surface area contributed by atoms with E-state index in [1.54, 1.807) is 6.07 Å². The fraction of sp³-hybridized carbons (Fsp3) is 0.571. The molecule has 0 spiro atoms. The average Bonchev–Trinajstić information content (AvgIpc) is 2.21. The van der Waals surface area contributed by atoms with Crippen molar-refractivity contribution in [3.8, 4) is 0 Å². The van der Waals surface area contributed by atoms with Crippen molar-refractivity contribution >= 4 is 11.6 Å². The lowest BCUT2D eigenvalue weighted by Crippen LogP contribution is -2.10. The maximum Gasteiger partial charge on any atom is 0.123 e. The first-order valence-corrected chi connectivity index (χ1v) is 6.37. The molecule has 0 aliphatic heterocycles. The highest BCUT2D eigenvalue weighted by atomic mass is 35.5. The van der Waals surface area contributed by atoms with E-state index >= 15 is 0 Å². The zero-order chi connectivity index (χ0) is 12.1. The maximum atomic E-state index is 13.1. The van der Waals surface area contributed by atoms with Gasteiger partial charge in [0.15, 0.2) is 0 Å². The van der Waals surface area contributed by atoms with Crippen LogP contribution < -0.4 is 0 Å². The predicted molar refractivity (Wildman–Crippen MR) is 68.5 cm³/mol. The molecule has 0 N–H and O–H groups in total. The van der Waals surface area contributed by atoms with Crippen LogP contribution in [0.3, 0.4) is 0 Å². The normalized spacial score (nSPS) is 13.1. The van der Waals surface area contributed by atoms with Crippen molar-refractivity contribution in [2.75, 3.05) is 5.88 Å². The van der Waals surface area contributed by atoms with Gasteiger partial charge in [-0.3, -0.25) is 0 Å². The number of hydrogen-bond acceptors (Lipinski definition) is 0. The average molecular weight is 243 g/mol. The minimum atomic E-state index is -0.154.